The molecule has 2 aromatic heterocycles. The molecule has 0 saturated heterocycles. The molecule has 0 aliphatic carbocycles. The lowest BCUT2D eigenvalue weighted by atomic mass is 9.96. The molecule has 9 aromatic rings. The largest absolute Gasteiger partial charge is 0.456 e. The quantitative estimate of drug-likeness (QED) is 0.214. The van der Waals surface area contributed by atoms with Crippen molar-refractivity contribution < 1.29 is 8.83 Å². The Bertz CT molecular complexity index is 2760. The molecule has 0 saturated carbocycles. The van der Waals surface area contributed by atoms with Crippen LogP contribution < -0.4 is 5.32 Å². The number of furan rings is 2. The van der Waals surface area contributed by atoms with Gasteiger partial charge in [-0.25, -0.2) is 9.98 Å². The normalized spacial score (nSPS) is 14.9. The zero-order chi connectivity index (χ0) is 31.6. The van der Waals surface area contributed by atoms with Gasteiger partial charge in [-0.2, -0.15) is 0 Å². The number of aliphatic imine (C=N–C) groups is 2. The van der Waals surface area contributed by atoms with Gasteiger partial charge in [0, 0.05) is 43.8 Å². The summed E-state index contributed by atoms with van der Waals surface area (Å²) in [5.41, 5.74) is 8.40. The minimum Gasteiger partial charge on any atom is -0.456 e. The second-order valence-corrected chi connectivity index (χ2v) is 12.2. The predicted molar refractivity (Wildman–Crippen MR) is 196 cm³/mol. The molecular weight excluding hydrogens is 590 g/mol. The molecule has 1 aliphatic heterocycles. The van der Waals surface area contributed by atoms with Gasteiger partial charge in [0.25, 0.3) is 0 Å². The summed E-state index contributed by atoms with van der Waals surface area (Å²) >= 11 is 0. The predicted octanol–water partition coefficient (Wildman–Crippen LogP) is 10.8. The van der Waals surface area contributed by atoms with E-state index >= 15 is 0 Å². The minimum absolute atomic E-state index is 0.395. The maximum Gasteiger partial charge on any atom is 0.159 e. The summed E-state index contributed by atoms with van der Waals surface area (Å²) in [7, 11) is 0. The summed E-state index contributed by atoms with van der Waals surface area (Å²) in [5.74, 6) is 1.40. The van der Waals surface area contributed by atoms with Crippen LogP contribution in [0.2, 0.25) is 0 Å². The summed E-state index contributed by atoms with van der Waals surface area (Å²) < 4.78 is 13.0. The fraction of sp³-hybridized carbons (Fsp3) is 0.0233. The summed E-state index contributed by atoms with van der Waals surface area (Å²) in [5, 5.41) is 10.3. The Morgan fingerprint density at radius 2 is 1.17 bits per heavy atom. The van der Waals surface area contributed by atoms with Crippen LogP contribution in [0.4, 0.5) is 0 Å². The van der Waals surface area contributed by atoms with E-state index in [1.54, 1.807) is 0 Å². The SMILES string of the molecule is c1ccc(C2=NC(c3ccc4c(c3)oc3ccccc34)NC(c3ccc(-c4ccccc4)c4oc5cc6ccccc6cc5c34)=N2)cc1. The Morgan fingerprint density at radius 3 is 2.00 bits per heavy atom. The van der Waals surface area contributed by atoms with E-state index in [0.29, 0.717) is 5.84 Å². The molecule has 1 N–H and O–H groups in total. The van der Waals surface area contributed by atoms with Crippen molar-refractivity contribution in [3.8, 4) is 11.1 Å². The maximum atomic E-state index is 6.75. The van der Waals surface area contributed by atoms with Gasteiger partial charge in [0.05, 0.1) is 0 Å². The smallest absolute Gasteiger partial charge is 0.159 e. The van der Waals surface area contributed by atoms with Crippen molar-refractivity contribution in [2.75, 3.05) is 0 Å². The monoisotopic (exact) mass is 617 g/mol. The zero-order valence-corrected chi connectivity index (χ0v) is 25.7. The first-order valence-corrected chi connectivity index (χ1v) is 16.1. The minimum atomic E-state index is -0.395. The molecule has 1 aliphatic rings. The summed E-state index contributed by atoms with van der Waals surface area (Å²) in [4.78, 5) is 10.3. The molecule has 0 amide bonds. The third-order valence-corrected chi connectivity index (χ3v) is 9.32. The molecule has 3 heterocycles. The Labute approximate surface area is 275 Å². The van der Waals surface area contributed by atoms with Crippen LogP contribution in [-0.2, 0) is 0 Å². The number of hydrogen-bond acceptors (Lipinski definition) is 5. The molecule has 0 spiro atoms. The molecule has 10 rings (SSSR count). The lowest BCUT2D eigenvalue weighted by Gasteiger charge is -2.24. The van der Waals surface area contributed by atoms with Gasteiger partial charge in [-0.15, -0.1) is 0 Å². The topological polar surface area (TPSA) is 63.0 Å². The molecule has 5 heteroatoms. The van der Waals surface area contributed by atoms with E-state index in [0.717, 1.165) is 88.3 Å². The molecule has 7 aromatic carbocycles. The van der Waals surface area contributed by atoms with Crippen LogP contribution in [0.25, 0.3) is 65.8 Å². The second kappa shape index (κ2) is 10.5. The number of nitrogens with one attached hydrogen (secondary N) is 1. The molecular formula is C43H27N3O2. The van der Waals surface area contributed by atoms with E-state index in [1.807, 2.05) is 42.5 Å². The highest BCUT2D eigenvalue weighted by molar-refractivity contribution is 6.24. The number of nitrogens with zero attached hydrogens (tertiary/aromatic N) is 2. The van der Waals surface area contributed by atoms with Crippen molar-refractivity contribution in [1.29, 1.82) is 0 Å². The van der Waals surface area contributed by atoms with Gasteiger partial charge < -0.3 is 14.2 Å². The number of fused-ring (bicyclic) bond motifs is 7. The molecule has 5 nitrogen and oxygen atoms in total. The van der Waals surface area contributed by atoms with Crippen molar-refractivity contribution in [1.82, 2.24) is 5.32 Å². The van der Waals surface area contributed by atoms with Gasteiger partial charge in [0.1, 0.15) is 34.3 Å². The van der Waals surface area contributed by atoms with E-state index in [1.165, 1.54) is 0 Å². The van der Waals surface area contributed by atoms with Crippen LogP contribution in [0, 0.1) is 0 Å². The van der Waals surface area contributed by atoms with E-state index in [4.69, 9.17) is 18.8 Å². The molecule has 1 atom stereocenters. The van der Waals surface area contributed by atoms with Crippen LogP contribution in [0.3, 0.4) is 0 Å². The van der Waals surface area contributed by atoms with Gasteiger partial charge in [-0.3, -0.25) is 0 Å². The Hall–Kier alpha value is -6.46. The van der Waals surface area contributed by atoms with E-state index < -0.39 is 6.17 Å². The van der Waals surface area contributed by atoms with Gasteiger partial charge >= 0.3 is 0 Å². The van der Waals surface area contributed by atoms with Crippen molar-refractivity contribution in [3.05, 3.63) is 168 Å². The third kappa shape index (κ3) is 4.25. The van der Waals surface area contributed by atoms with Crippen molar-refractivity contribution in [3.63, 3.8) is 0 Å². The van der Waals surface area contributed by atoms with Crippen LogP contribution in [0.5, 0.6) is 0 Å². The van der Waals surface area contributed by atoms with Crippen LogP contribution in [0.1, 0.15) is 22.9 Å². The number of para-hydroxylation sites is 1. The first kappa shape index (κ1) is 26.7. The first-order valence-electron chi connectivity index (χ1n) is 16.1. The molecule has 0 fully saturated rings. The molecule has 48 heavy (non-hydrogen) atoms. The van der Waals surface area contributed by atoms with Crippen LogP contribution in [0.15, 0.2) is 170 Å². The zero-order valence-electron chi connectivity index (χ0n) is 25.7. The third-order valence-electron chi connectivity index (χ3n) is 9.32. The summed E-state index contributed by atoms with van der Waals surface area (Å²) in [6, 6.07) is 52.1. The highest BCUT2D eigenvalue weighted by Gasteiger charge is 2.26. The Morgan fingerprint density at radius 1 is 0.500 bits per heavy atom. The van der Waals surface area contributed by atoms with Crippen LogP contribution >= 0.6 is 0 Å². The van der Waals surface area contributed by atoms with Gasteiger partial charge in [0.15, 0.2) is 5.84 Å². The maximum absolute atomic E-state index is 6.75. The fourth-order valence-corrected chi connectivity index (χ4v) is 6.99. The number of hydrogen-bond donors (Lipinski definition) is 1. The number of amidine groups is 2. The Kier molecular flexibility index (Phi) is 5.87. The molecule has 226 valence electrons. The van der Waals surface area contributed by atoms with E-state index in [-0.39, 0.29) is 0 Å². The Balaban J connectivity index is 1.19. The van der Waals surface area contributed by atoms with Crippen molar-refractivity contribution in [2.45, 2.75) is 6.17 Å². The molecule has 1 unspecified atom stereocenters. The number of rotatable bonds is 4. The fourth-order valence-electron chi connectivity index (χ4n) is 6.99. The van der Waals surface area contributed by atoms with Gasteiger partial charge in [-0.1, -0.05) is 115 Å². The van der Waals surface area contributed by atoms with E-state index in [9.17, 15) is 0 Å². The van der Waals surface area contributed by atoms with Crippen molar-refractivity contribution in [2.24, 2.45) is 9.98 Å². The number of benzene rings is 7. The average Bonchev–Trinajstić information content (AvgIpc) is 3.72. The highest BCUT2D eigenvalue weighted by Crippen LogP contribution is 2.40. The lowest BCUT2D eigenvalue weighted by Crippen LogP contribution is -2.33. The lowest BCUT2D eigenvalue weighted by molar-refractivity contribution is 0.655. The molecule has 0 bridgehead atoms. The second-order valence-electron chi connectivity index (χ2n) is 12.2. The highest BCUT2D eigenvalue weighted by atomic mass is 16.3. The summed E-state index contributed by atoms with van der Waals surface area (Å²) in [6.07, 6.45) is -0.395. The van der Waals surface area contributed by atoms with Gasteiger partial charge in [-0.05, 0) is 52.7 Å². The van der Waals surface area contributed by atoms with Crippen LogP contribution in [-0.4, -0.2) is 11.7 Å². The van der Waals surface area contributed by atoms with Gasteiger partial charge in [0.2, 0.25) is 0 Å². The standard InChI is InChI=1S/C43H27N3O2/c1-3-11-26(12-4-1)31-21-22-34(39-35-23-28-15-7-8-16-29(28)24-38(35)48-40(31)39)43-45-41(27-13-5-2-6-14-27)44-42(46-43)30-19-20-33-32-17-9-10-18-36(32)47-37(33)25-30/h1-25,42H,(H,44,45,46). The molecule has 0 radical (unpaired) electrons. The summed E-state index contributed by atoms with van der Waals surface area (Å²) in [6.45, 7) is 0. The average molecular weight is 618 g/mol. The van der Waals surface area contributed by atoms with E-state index in [2.05, 4.69) is 115 Å². The first-order chi connectivity index (χ1) is 23.8. The van der Waals surface area contributed by atoms with Crippen molar-refractivity contribution >= 4 is 66.3 Å².